The molecular formula is C18H18N2O4. The summed E-state index contributed by atoms with van der Waals surface area (Å²) in [5.74, 6) is 1.02. The van der Waals surface area contributed by atoms with Gasteiger partial charge in [-0.1, -0.05) is 12.2 Å². The van der Waals surface area contributed by atoms with Crippen LogP contribution in [0, 0.1) is 35.5 Å². The summed E-state index contributed by atoms with van der Waals surface area (Å²) in [5, 5.41) is 2.70. The summed E-state index contributed by atoms with van der Waals surface area (Å²) in [6.07, 6.45) is 6.94. The first-order chi connectivity index (χ1) is 11.6. The van der Waals surface area contributed by atoms with Crippen molar-refractivity contribution in [2.24, 2.45) is 35.5 Å². The number of rotatable bonds is 4. The monoisotopic (exact) mass is 326 g/mol. The SMILES string of the molecule is O=C(CN1C(=O)[C@@H]2[C@@H]3C=C[C@H]([C@@H]4C[C@H]34)[C@@H]2C1=O)NCc1ccco1. The number of likely N-dealkylation sites (tertiary alicyclic amines) is 1. The van der Waals surface area contributed by atoms with Gasteiger partial charge in [0.2, 0.25) is 17.7 Å². The lowest BCUT2D eigenvalue weighted by Gasteiger charge is -2.37. The fourth-order valence-electron chi connectivity index (χ4n) is 4.97. The standard InChI is InChI=1S/C18H18N2O4/c21-14(19-7-9-2-1-5-24-9)8-20-17(22)15-10-3-4-11(13-6-12(10)13)16(15)18(20)23/h1-5,10-13,15-16H,6-8H2,(H,19,21)/t10-,11-,12-,13+,15-,16+/m1/s1. The predicted octanol–water partition coefficient (Wildman–Crippen LogP) is 0.949. The molecule has 24 heavy (non-hydrogen) atoms. The van der Waals surface area contributed by atoms with Gasteiger partial charge in [0.25, 0.3) is 0 Å². The molecular weight excluding hydrogens is 308 g/mol. The van der Waals surface area contributed by atoms with Gasteiger partial charge in [-0.05, 0) is 42.2 Å². The second-order valence-electron chi connectivity index (χ2n) is 7.27. The van der Waals surface area contributed by atoms with Crippen LogP contribution in [-0.4, -0.2) is 29.2 Å². The Morgan fingerprint density at radius 3 is 2.42 bits per heavy atom. The van der Waals surface area contributed by atoms with Crippen molar-refractivity contribution in [2.45, 2.75) is 13.0 Å². The van der Waals surface area contributed by atoms with Crippen LogP contribution in [0.2, 0.25) is 0 Å². The molecule has 3 fully saturated rings. The molecule has 1 aromatic rings. The Morgan fingerprint density at radius 2 is 1.83 bits per heavy atom. The lowest BCUT2D eigenvalue weighted by atomic mass is 9.63. The average Bonchev–Trinajstić information content (AvgIpc) is 3.19. The second kappa shape index (κ2) is 4.82. The quantitative estimate of drug-likeness (QED) is 0.660. The van der Waals surface area contributed by atoms with E-state index in [0.717, 1.165) is 6.42 Å². The van der Waals surface area contributed by atoms with E-state index in [-0.39, 0.29) is 54.5 Å². The molecule has 1 N–H and O–H groups in total. The molecule has 2 saturated carbocycles. The Kier molecular flexibility index (Phi) is 2.81. The zero-order valence-corrected chi connectivity index (χ0v) is 13.1. The molecule has 124 valence electrons. The number of hydrogen-bond acceptors (Lipinski definition) is 4. The Morgan fingerprint density at radius 1 is 1.17 bits per heavy atom. The largest absolute Gasteiger partial charge is 0.467 e. The number of amides is 3. The zero-order chi connectivity index (χ0) is 16.4. The van der Waals surface area contributed by atoms with Crippen molar-refractivity contribution in [1.29, 1.82) is 0 Å². The maximum Gasteiger partial charge on any atom is 0.240 e. The van der Waals surface area contributed by atoms with E-state index in [1.54, 1.807) is 12.1 Å². The van der Waals surface area contributed by atoms with Gasteiger partial charge in [-0.3, -0.25) is 19.3 Å². The maximum atomic E-state index is 12.7. The lowest BCUT2D eigenvalue weighted by Crippen LogP contribution is -2.41. The molecule has 1 saturated heterocycles. The fourth-order valence-corrected chi connectivity index (χ4v) is 4.97. The highest BCUT2D eigenvalue weighted by Gasteiger charge is 2.67. The van der Waals surface area contributed by atoms with E-state index in [1.807, 2.05) is 0 Å². The van der Waals surface area contributed by atoms with Crippen molar-refractivity contribution in [2.75, 3.05) is 6.54 Å². The molecule has 0 radical (unpaired) electrons. The number of allylic oxidation sites excluding steroid dienone is 2. The summed E-state index contributed by atoms with van der Waals surface area (Å²) < 4.78 is 5.16. The summed E-state index contributed by atoms with van der Waals surface area (Å²) in [6, 6.07) is 3.50. The number of hydrogen-bond donors (Lipinski definition) is 1. The number of carbonyl (C=O) groups excluding carboxylic acids is 3. The molecule has 6 atom stereocenters. The second-order valence-corrected chi connectivity index (χ2v) is 7.27. The smallest absolute Gasteiger partial charge is 0.240 e. The Labute approximate surface area is 138 Å². The van der Waals surface area contributed by atoms with E-state index >= 15 is 0 Å². The number of carbonyl (C=O) groups is 3. The molecule has 6 rings (SSSR count). The summed E-state index contributed by atoms with van der Waals surface area (Å²) in [6.45, 7) is 0.0615. The van der Waals surface area contributed by atoms with E-state index in [2.05, 4.69) is 17.5 Å². The normalized spacial score (nSPS) is 38.2. The van der Waals surface area contributed by atoms with Crippen molar-refractivity contribution in [1.82, 2.24) is 10.2 Å². The Balaban J connectivity index is 1.29. The van der Waals surface area contributed by atoms with Crippen molar-refractivity contribution in [3.63, 3.8) is 0 Å². The van der Waals surface area contributed by atoms with Crippen LogP contribution in [0.4, 0.5) is 0 Å². The average molecular weight is 326 g/mol. The Bertz CT molecular complexity index is 717. The number of nitrogens with one attached hydrogen (secondary N) is 1. The predicted molar refractivity (Wildman–Crippen MR) is 82.0 cm³/mol. The minimum atomic E-state index is -0.336. The van der Waals surface area contributed by atoms with Gasteiger partial charge in [-0.25, -0.2) is 0 Å². The highest BCUT2D eigenvalue weighted by atomic mass is 16.3. The van der Waals surface area contributed by atoms with E-state index in [9.17, 15) is 14.4 Å². The molecule has 0 spiro atoms. The lowest BCUT2D eigenvalue weighted by molar-refractivity contribution is -0.143. The van der Waals surface area contributed by atoms with Gasteiger partial charge in [0.15, 0.2) is 0 Å². The van der Waals surface area contributed by atoms with Crippen LogP contribution in [0.3, 0.4) is 0 Å². The topological polar surface area (TPSA) is 79.6 Å². The molecule has 0 unspecified atom stereocenters. The van der Waals surface area contributed by atoms with Gasteiger partial charge < -0.3 is 9.73 Å². The zero-order valence-electron chi connectivity index (χ0n) is 13.1. The van der Waals surface area contributed by atoms with Crippen molar-refractivity contribution < 1.29 is 18.8 Å². The first-order valence-corrected chi connectivity index (χ1v) is 8.48. The highest BCUT2D eigenvalue weighted by molar-refractivity contribution is 6.08. The molecule has 5 aliphatic rings. The minimum Gasteiger partial charge on any atom is -0.467 e. The molecule has 3 amide bonds. The third-order valence-electron chi connectivity index (χ3n) is 6.10. The van der Waals surface area contributed by atoms with Crippen LogP contribution in [0.5, 0.6) is 0 Å². The van der Waals surface area contributed by atoms with Crippen LogP contribution in [0.25, 0.3) is 0 Å². The molecule has 0 aromatic carbocycles. The van der Waals surface area contributed by atoms with Gasteiger partial charge in [-0.2, -0.15) is 0 Å². The van der Waals surface area contributed by atoms with Crippen molar-refractivity contribution in [3.8, 4) is 0 Å². The van der Waals surface area contributed by atoms with E-state index in [1.165, 1.54) is 11.2 Å². The molecule has 4 aliphatic carbocycles. The molecule has 6 heteroatoms. The van der Waals surface area contributed by atoms with Crippen LogP contribution < -0.4 is 5.32 Å². The van der Waals surface area contributed by atoms with Crippen molar-refractivity contribution >= 4 is 17.7 Å². The summed E-state index contributed by atoms with van der Waals surface area (Å²) in [7, 11) is 0. The first kappa shape index (κ1) is 14.0. The molecule has 1 aromatic heterocycles. The van der Waals surface area contributed by atoms with Gasteiger partial charge in [0.05, 0.1) is 24.6 Å². The van der Waals surface area contributed by atoms with Gasteiger partial charge >= 0.3 is 0 Å². The molecule has 1 aliphatic heterocycles. The summed E-state index contributed by atoms with van der Waals surface area (Å²) in [5.41, 5.74) is 0. The number of furan rings is 1. The number of nitrogens with zero attached hydrogens (tertiary/aromatic N) is 1. The summed E-state index contributed by atoms with van der Waals surface area (Å²) in [4.78, 5) is 38.8. The minimum absolute atomic E-state index is 0.164. The highest BCUT2D eigenvalue weighted by Crippen LogP contribution is 2.65. The molecule has 6 nitrogen and oxygen atoms in total. The van der Waals surface area contributed by atoms with Gasteiger partial charge in [0.1, 0.15) is 12.3 Å². The van der Waals surface area contributed by atoms with Crippen LogP contribution in [0.15, 0.2) is 35.0 Å². The van der Waals surface area contributed by atoms with Gasteiger partial charge in [-0.15, -0.1) is 0 Å². The van der Waals surface area contributed by atoms with Crippen molar-refractivity contribution in [3.05, 3.63) is 36.3 Å². The van der Waals surface area contributed by atoms with Crippen LogP contribution in [-0.2, 0) is 20.9 Å². The van der Waals surface area contributed by atoms with Gasteiger partial charge in [0, 0.05) is 0 Å². The molecule has 2 heterocycles. The van der Waals surface area contributed by atoms with E-state index in [0.29, 0.717) is 17.6 Å². The third kappa shape index (κ3) is 1.85. The van der Waals surface area contributed by atoms with E-state index in [4.69, 9.17) is 4.42 Å². The first-order valence-electron chi connectivity index (χ1n) is 8.48. The van der Waals surface area contributed by atoms with Crippen LogP contribution in [0.1, 0.15) is 12.2 Å². The van der Waals surface area contributed by atoms with Crippen LogP contribution >= 0.6 is 0 Å². The maximum absolute atomic E-state index is 12.7. The summed E-state index contributed by atoms with van der Waals surface area (Å²) >= 11 is 0. The number of imide groups is 1. The van der Waals surface area contributed by atoms with E-state index < -0.39 is 0 Å². The fraction of sp³-hybridized carbons (Fsp3) is 0.500. The molecule has 2 bridgehead atoms. The third-order valence-corrected chi connectivity index (χ3v) is 6.10. The Hall–Kier alpha value is -2.37.